The SMILES string of the molecule is Cl.NC[C@H]1CC[C@@H](C(=O)Nc2ccc(OC3CCC3)c(F)c2)O1. The number of hydrogen-bond acceptors (Lipinski definition) is 4. The predicted molar refractivity (Wildman–Crippen MR) is 87.5 cm³/mol. The molecule has 1 amide bonds. The van der Waals surface area contributed by atoms with E-state index in [1.165, 1.54) is 6.07 Å². The molecule has 1 saturated heterocycles. The highest BCUT2D eigenvalue weighted by Gasteiger charge is 2.30. The molecule has 3 N–H and O–H groups in total. The van der Waals surface area contributed by atoms with E-state index < -0.39 is 11.9 Å². The molecule has 2 fully saturated rings. The van der Waals surface area contributed by atoms with Crippen molar-refractivity contribution in [2.45, 2.75) is 50.4 Å². The molecule has 23 heavy (non-hydrogen) atoms. The van der Waals surface area contributed by atoms with Crippen LogP contribution in [-0.2, 0) is 9.53 Å². The van der Waals surface area contributed by atoms with E-state index >= 15 is 0 Å². The van der Waals surface area contributed by atoms with Gasteiger partial charge in [-0.1, -0.05) is 0 Å². The maximum Gasteiger partial charge on any atom is 0.253 e. The molecule has 5 nitrogen and oxygen atoms in total. The zero-order valence-corrected chi connectivity index (χ0v) is 13.6. The van der Waals surface area contributed by atoms with Crippen molar-refractivity contribution in [3.8, 4) is 5.75 Å². The van der Waals surface area contributed by atoms with E-state index in [1.54, 1.807) is 12.1 Å². The molecule has 0 bridgehead atoms. The summed E-state index contributed by atoms with van der Waals surface area (Å²) in [5.41, 5.74) is 5.93. The lowest BCUT2D eigenvalue weighted by molar-refractivity contribution is -0.126. The number of nitrogens with two attached hydrogens (primary N) is 1. The Kier molecular flexibility index (Phi) is 6.21. The molecule has 1 aromatic rings. The Hall–Kier alpha value is -1.37. The van der Waals surface area contributed by atoms with Crippen molar-refractivity contribution in [1.82, 2.24) is 0 Å². The van der Waals surface area contributed by atoms with E-state index in [9.17, 15) is 9.18 Å². The number of rotatable bonds is 5. The molecule has 1 aliphatic heterocycles. The average Bonchev–Trinajstić information content (AvgIpc) is 2.93. The smallest absolute Gasteiger partial charge is 0.253 e. The van der Waals surface area contributed by atoms with Crippen molar-refractivity contribution in [3.05, 3.63) is 24.0 Å². The fourth-order valence-electron chi connectivity index (χ4n) is 2.64. The fourth-order valence-corrected chi connectivity index (χ4v) is 2.64. The summed E-state index contributed by atoms with van der Waals surface area (Å²) in [5, 5.41) is 2.68. The van der Waals surface area contributed by atoms with Crippen LogP contribution in [0.1, 0.15) is 32.1 Å². The van der Waals surface area contributed by atoms with E-state index in [1.807, 2.05) is 0 Å². The van der Waals surface area contributed by atoms with Gasteiger partial charge in [-0.3, -0.25) is 4.79 Å². The Morgan fingerprint density at radius 1 is 1.35 bits per heavy atom. The summed E-state index contributed by atoms with van der Waals surface area (Å²) in [4.78, 5) is 12.1. The number of amides is 1. The first-order valence-corrected chi connectivity index (χ1v) is 7.78. The first-order chi connectivity index (χ1) is 10.7. The number of benzene rings is 1. The number of hydrogen-bond donors (Lipinski definition) is 2. The molecule has 0 spiro atoms. The second-order valence-electron chi connectivity index (χ2n) is 5.87. The van der Waals surface area contributed by atoms with Gasteiger partial charge in [0, 0.05) is 18.3 Å². The molecule has 0 radical (unpaired) electrons. The van der Waals surface area contributed by atoms with Crippen molar-refractivity contribution in [2.24, 2.45) is 5.73 Å². The fraction of sp³-hybridized carbons (Fsp3) is 0.562. The molecule has 2 atom stereocenters. The second-order valence-corrected chi connectivity index (χ2v) is 5.87. The van der Waals surface area contributed by atoms with Crippen LogP contribution in [0.5, 0.6) is 5.75 Å². The van der Waals surface area contributed by atoms with Gasteiger partial charge in [0.15, 0.2) is 11.6 Å². The Balaban J connectivity index is 0.00000192. The van der Waals surface area contributed by atoms with Crippen LogP contribution in [0.15, 0.2) is 18.2 Å². The third-order valence-electron chi connectivity index (χ3n) is 4.21. The molecule has 128 valence electrons. The van der Waals surface area contributed by atoms with Crippen LogP contribution in [-0.4, -0.2) is 30.8 Å². The lowest BCUT2D eigenvalue weighted by Gasteiger charge is -2.26. The minimum atomic E-state index is -0.512. The minimum absolute atomic E-state index is 0. The van der Waals surface area contributed by atoms with Crippen LogP contribution in [0.25, 0.3) is 0 Å². The summed E-state index contributed by atoms with van der Waals surface area (Å²) >= 11 is 0. The molecular formula is C16H22ClFN2O3. The quantitative estimate of drug-likeness (QED) is 0.861. The topological polar surface area (TPSA) is 73.6 Å². The van der Waals surface area contributed by atoms with Crippen LogP contribution in [0.3, 0.4) is 0 Å². The van der Waals surface area contributed by atoms with Crippen molar-refractivity contribution < 1.29 is 18.7 Å². The molecular weight excluding hydrogens is 323 g/mol. The van der Waals surface area contributed by atoms with Crippen LogP contribution >= 0.6 is 12.4 Å². The third kappa shape index (κ3) is 4.34. The zero-order chi connectivity index (χ0) is 15.5. The summed E-state index contributed by atoms with van der Waals surface area (Å²) < 4.78 is 25.1. The van der Waals surface area contributed by atoms with Gasteiger partial charge >= 0.3 is 0 Å². The number of halogens is 2. The number of carbonyl (C=O) groups is 1. The standard InChI is InChI=1S/C16H21FN2O3.ClH/c17-13-8-10(4-6-14(13)21-11-2-1-3-11)19-16(20)15-7-5-12(9-18)22-15;/h4,6,8,11-12,15H,1-3,5,7,9,18H2,(H,19,20);1H/t12-,15+;/m1./s1. The Labute approximate surface area is 141 Å². The van der Waals surface area contributed by atoms with Crippen molar-refractivity contribution in [1.29, 1.82) is 0 Å². The highest BCUT2D eigenvalue weighted by molar-refractivity contribution is 5.94. The lowest BCUT2D eigenvalue weighted by Crippen LogP contribution is -2.29. The number of ether oxygens (including phenoxy) is 2. The summed E-state index contributed by atoms with van der Waals surface area (Å²) in [5.74, 6) is -0.483. The van der Waals surface area contributed by atoms with Gasteiger partial charge in [0.1, 0.15) is 6.10 Å². The van der Waals surface area contributed by atoms with Gasteiger partial charge < -0.3 is 20.5 Å². The van der Waals surface area contributed by atoms with Crippen LogP contribution in [0.2, 0.25) is 0 Å². The van der Waals surface area contributed by atoms with E-state index in [-0.39, 0.29) is 36.3 Å². The molecule has 3 rings (SSSR count). The maximum absolute atomic E-state index is 14.0. The Morgan fingerprint density at radius 3 is 2.70 bits per heavy atom. The number of nitrogens with one attached hydrogen (secondary N) is 1. The molecule has 1 aromatic carbocycles. The monoisotopic (exact) mass is 344 g/mol. The first-order valence-electron chi connectivity index (χ1n) is 7.78. The summed E-state index contributed by atoms with van der Waals surface area (Å²) in [7, 11) is 0. The highest BCUT2D eigenvalue weighted by Crippen LogP contribution is 2.29. The van der Waals surface area contributed by atoms with Crippen molar-refractivity contribution in [2.75, 3.05) is 11.9 Å². The van der Waals surface area contributed by atoms with Gasteiger partial charge in [0.25, 0.3) is 5.91 Å². The molecule has 0 aromatic heterocycles. The zero-order valence-electron chi connectivity index (χ0n) is 12.8. The first kappa shape index (κ1) is 18.0. The molecule has 1 heterocycles. The van der Waals surface area contributed by atoms with Crippen molar-refractivity contribution >= 4 is 24.0 Å². The molecule has 2 aliphatic rings. The van der Waals surface area contributed by atoms with Gasteiger partial charge in [-0.2, -0.15) is 0 Å². The summed E-state index contributed by atoms with van der Waals surface area (Å²) in [6, 6.07) is 4.48. The van der Waals surface area contributed by atoms with Gasteiger partial charge in [-0.15, -0.1) is 12.4 Å². The predicted octanol–water partition coefficient (Wildman–Crippen LogP) is 2.62. The van der Waals surface area contributed by atoms with Gasteiger partial charge in [0.05, 0.1) is 12.2 Å². The van der Waals surface area contributed by atoms with E-state index in [2.05, 4.69) is 5.32 Å². The maximum atomic E-state index is 14.0. The van der Waals surface area contributed by atoms with E-state index in [0.717, 1.165) is 25.7 Å². The third-order valence-corrected chi connectivity index (χ3v) is 4.21. The van der Waals surface area contributed by atoms with Crippen LogP contribution < -0.4 is 15.8 Å². The van der Waals surface area contributed by atoms with Crippen molar-refractivity contribution in [3.63, 3.8) is 0 Å². The van der Waals surface area contributed by atoms with E-state index in [4.69, 9.17) is 15.2 Å². The van der Waals surface area contributed by atoms with Gasteiger partial charge in [-0.25, -0.2) is 4.39 Å². The second kappa shape index (κ2) is 7.95. The van der Waals surface area contributed by atoms with Gasteiger partial charge in [-0.05, 0) is 44.2 Å². The number of carbonyl (C=O) groups excluding carboxylic acids is 1. The van der Waals surface area contributed by atoms with Gasteiger partial charge in [0.2, 0.25) is 0 Å². The highest BCUT2D eigenvalue weighted by atomic mass is 35.5. The van der Waals surface area contributed by atoms with Crippen LogP contribution in [0, 0.1) is 5.82 Å². The molecule has 0 unspecified atom stereocenters. The summed E-state index contributed by atoms with van der Waals surface area (Å²) in [6.45, 7) is 0.408. The minimum Gasteiger partial charge on any atom is -0.487 e. The molecule has 1 aliphatic carbocycles. The lowest BCUT2D eigenvalue weighted by atomic mass is 9.96. The average molecular weight is 345 g/mol. The molecule has 7 heteroatoms. The Morgan fingerprint density at radius 2 is 2.13 bits per heavy atom. The Bertz CT molecular complexity index is 554. The van der Waals surface area contributed by atoms with E-state index in [0.29, 0.717) is 18.7 Å². The molecule has 1 saturated carbocycles. The summed E-state index contributed by atoms with van der Waals surface area (Å²) in [6.07, 6.45) is 4.03. The normalized spacial score (nSPS) is 23.7. The number of anilines is 1. The van der Waals surface area contributed by atoms with Crippen LogP contribution in [0.4, 0.5) is 10.1 Å². The largest absolute Gasteiger partial charge is 0.487 e.